The second kappa shape index (κ2) is 13.9. The minimum Gasteiger partial charge on any atom is -0.328 e. The summed E-state index contributed by atoms with van der Waals surface area (Å²) in [5.74, 6) is 1.42. The Kier molecular flexibility index (Phi) is 9.72. The lowest BCUT2D eigenvalue weighted by molar-refractivity contribution is 0.0556. The Morgan fingerprint density at radius 2 is 1.61 bits per heavy atom. The number of hydrogen-bond donors (Lipinski definition) is 1. The molecule has 6 rings (SSSR count). The van der Waals surface area contributed by atoms with Gasteiger partial charge >= 0.3 is 6.03 Å². The molecule has 3 aliphatic heterocycles. The lowest BCUT2D eigenvalue weighted by Gasteiger charge is -2.45. The third-order valence-electron chi connectivity index (χ3n) is 9.95. The van der Waals surface area contributed by atoms with E-state index in [1.54, 1.807) is 0 Å². The van der Waals surface area contributed by atoms with Gasteiger partial charge in [0.05, 0.1) is 11.7 Å². The van der Waals surface area contributed by atoms with E-state index >= 15 is 0 Å². The van der Waals surface area contributed by atoms with Crippen LogP contribution in [0.15, 0.2) is 66.9 Å². The van der Waals surface area contributed by atoms with E-state index in [1.807, 2.05) is 6.07 Å². The molecule has 3 fully saturated rings. The molecule has 0 spiro atoms. The zero-order valence-electron chi connectivity index (χ0n) is 27.1. The summed E-state index contributed by atoms with van der Waals surface area (Å²) in [5.41, 5.74) is 3.08. The molecule has 3 saturated heterocycles. The van der Waals surface area contributed by atoms with Crippen molar-refractivity contribution in [2.45, 2.75) is 77.9 Å². The number of piperidine rings is 2. The number of carbonyl (C=O) groups is 1. The highest BCUT2D eigenvalue weighted by Crippen LogP contribution is 2.40. The molecule has 3 aromatic rings. The van der Waals surface area contributed by atoms with E-state index < -0.39 is 0 Å². The van der Waals surface area contributed by atoms with Crippen LogP contribution < -0.4 is 5.32 Å². The zero-order valence-corrected chi connectivity index (χ0v) is 27.1. The fraction of sp³-hybridized carbons (Fsp3) is 0.568. The summed E-state index contributed by atoms with van der Waals surface area (Å²) < 4.78 is 2.31. The molecular formula is C37H52N6O. The van der Waals surface area contributed by atoms with Gasteiger partial charge in [0.25, 0.3) is 0 Å². The minimum absolute atomic E-state index is 0.170. The molecule has 4 heterocycles. The first-order valence-electron chi connectivity index (χ1n) is 17.0. The molecule has 3 aliphatic rings. The summed E-state index contributed by atoms with van der Waals surface area (Å²) in [5, 5.41) is 3.55. The van der Waals surface area contributed by atoms with Gasteiger partial charge < -0.3 is 24.6 Å². The van der Waals surface area contributed by atoms with Gasteiger partial charge in [0.15, 0.2) is 0 Å². The van der Waals surface area contributed by atoms with Crippen LogP contribution in [-0.4, -0.2) is 82.1 Å². The van der Waals surface area contributed by atoms with Gasteiger partial charge in [0.1, 0.15) is 5.82 Å². The molecule has 0 aliphatic carbocycles. The lowest BCUT2D eigenvalue weighted by Crippen LogP contribution is -2.54. The molecule has 236 valence electrons. The number of carbonyl (C=O) groups excluding carboxylic acids is 1. The molecule has 2 aromatic carbocycles. The Bertz CT molecular complexity index is 1330. The summed E-state index contributed by atoms with van der Waals surface area (Å²) in [7, 11) is 0. The summed E-state index contributed by atoms with van der Waals surface area (Å²) in [6, 6.07) is 21.7. The Hall–Kier alpha value is -3.16. The molecule has 0 unspecified atom stereocenters. The highest BCUT2D eigenvalue weighted by Gasteiger charge is 2.42. The highest BCUT2D eigenvalue weighted by molar-refractivity contribution is 5.75. The minimum atomic E-state index is -0.221. The highest BCUT2D eigenvalue weighted by atomic mass is 16.2. The second-order valence-electron chi connectivity index (χ2n) is 14.3. The number of nitrogens with zero attached hydrogens (tertiary/aromatic N) is 5. The number of rotatable bonds is 8. The van der Waals surface area contributed by atoms with Crippen molar-refractivity contribution in [3.05, 3.63) is 78.2 Å². The smallest absolute Gasteiger partial charge is 0.320 e. The fourth-order valence-electron chi connectivity index (χ4n) is 7.63. The van der Waals surface area contributed by atoms with Crippen molar-refractivity contribution in [1.82, 2.24) is 29.6 Å². The number of imidazole rings is 1. The Morgan fingerprint density at radius 3 is 2.25 bits per heavy atom. The first-order chi connectivity index (χ1) is 21.4. The summed E-state index contributed by atoms with van der Waals surface area (Å²) in [6.45, 7) is 14.4. The SMILES string of the molecule is CC(C)(C)[C@H](c1nc(-c2ccccc2)cn1Cc1ccccc1)N(C[C@@H]1CCNC1)C(=O)N1CCC(N2CCCCC2)CC1. The van der Waals surface area contributed by atoms with Crippen molar-refractivity contribution in [3.63, 3.8) is 0 Å². The van der Waals surface area contributed by atoms with Gasteiger partial charge in [0, 0.05) is 44.0 Å². The predicted octanol–water partition coefficient (Wildman–Crippen LogP) is 6.67. The van der Waals surface area contributed by atoms with Gasteiger partial charge in [-0.25, -0.2) is 9.78 Å². The van der Waals surface area contributed by atoms with Crippen LogP contribution in [-0.2, 0) is 6.54 Å². The number of urea groups is 1. The zero-order chi connectivity index (χ0) is 30.5. The molecule has 0 radical (unpaired) electrons. The standard InChI is InChI=1S/C37H52N6O/c1-37(2,3)34(35-39-33(31-15-9-5-10-16-31)28-42(35)26-29-13-7-4-8-14-29)43(27-30-17-20-38-25-30)36(44)41-23-18-32(19-24-41)40-21-11-6-12-22-40/h4-5,7-10,13-16,28,30,32,34,38H,6,11-12,17-27H2,1-3H3/t30-,34+/m1/s1. The number of nitrogens with one attached hydrogen (secondary N) is 1. The molecule has 7 heteroatoms. The molecule has 0 bridgehead atoms. The second-order valence-corrected chi connectivity index (χ2v) is 14.3. The molecule has 1 aromatic heterocycles. The third kappa shape index (κ3) is 7.21. The average Bonchev–Trinajstić information content (AvgIpc) is 3.72. The maximum atomic E-state index is 14.8. The molecule has 2 atom stereocenters. The summed E-state index contributed by atoms with van der Waals surface area (Å²) >= 11 is 0. The molecule has 44 heavy (non-hydrogen) atoms. The predicted molar refractivity (Wildman–Crippen MR) is 179 cm³/mol. The number of amides is 2. The third-order valence-corrected chi connectivity index (χ3v) is 9.95. The van der Waals surface area contributed by atoms with Crippen molar-refractivity contribution in [2.75, 3.05) is 45.8 Å². The van der Waals surface area contributed by atoms with E-state index in [-0.39, 0.29) is 17.5 Å². The monoisotopic (exact) mass is 596 g/mol. The molecule has 7 nitrogen and oxygen atoms in total. The van der Waals surface area contributed by atoms with Crippen LogP contribution in [0.25, 0.3) is 11.3 Å². The topological polar surface area (TPSA) is 56.6 Å². The number of likely N-dealkylation sites (tertiary alicyclic amines) is 2. The number of hydrogen-bond acceptors (Lipinski definition) is 4. The van der Waals surface area contributed by atoms with E-state index in [1.165, 1.54) is 37.9 Å². The van der Waals surface area contributed by atoms with E-state index in [0.29, 0.717) is 12.0 Å². The number of aromatic nitrogens is 2. The van der Waals surface area contributed by atoms with Crippen molar-refractivity contribution in [1.29, 1.82) is 0 Å². The molecule has 0 saturated carbocycles. The summed E-state index contributed by atoms with van der Waals surface area (Å²) in [4.78, 5) is 27.2. The average molecular weight is 597 g/mol. The van der Waals surface area contributed by atoms with Crippen LogP contribution in [0.4, 0.5) is 4.79 Å². The van der Waals surface area contributed by atoms with Gasteiger partial charge in [-0.2, -0.15) is 0 Å². The van der Waals surface area contributed by atoms with Gasteiger partial charge in [-0.3, -0.25) is 0 Å². The maximum Gasteiger partial charge on any atom is 0.320 e. The normalized spacial score (nSPS) is 21.0. The molecule has 2 amide bonds. The maximum absolute atomic E-state index is 14.8. The lowest BCUT2D eigenvalue weighted by atomic mass is 9.84. The Morgan fingerprint density at radius 1 is 0.932 bits per heavy atom. The fourth-order valence-corrected chi connectivity index (χ4v) is 7.63. The van der Waals surface area contributed by atoms with Gasteiger partial charge in [-0.15, -0.1) is 0 Å². The van der Waals surface area contributed by atoms with Crippen LogP contribution in [0.5, 0.6) is 0 Å². The Labute approximate surface area is 264 Å². The largest absolute Gasteiger partial charge is 0.328 e. The van der Waals surface area contributed by atoms with Crippen molar-refractivity contribution in [3.8, 4) is 11.3 Å². The van der Waals surface area contributed by atoms with Crippen LogP contribution >= 0.6 is 0 Å². The van der Waals surface area contributed by atoms with Crippen LogP contribution in [0.2, 0.25) is 0 Å². The van der Waals surface area contributed by atoms with E-state index in [2.05, 4.69) is 106 Å². The van der Waals surface area contributed by atoms with E-state index in [0.717, 1.165) is 75.6 Å². The first-order valence-corrected chi connectivity index (χ1v) is 17.0. The molecular weight excluding hydrogens is 544 g/mol. The van der Waals surface area contributed by atoms with E-state index in [9.17, 15) is 4.79 Å². The van der Waals surface area contributed by atoms with Crippen LogP contribution in [0, 0.1) is 11.3 Å². The van der Waals surface area contributed by atoms with Gasteiger partial charge in [0.2, 0.25) is 0 Å². The van der Waals surface area contributed by atoms with Crippen LogP contribution in [0.1, 0.15) is 76.7 Å². The summed E-state index contributed by atoms with van der Waals surface area (Å²) in [6.07, 6.45) is 9.44. The first kappa shape index (κ1) is 30.8. The Balaban J connectivity index is 1.34. The molecule has 1 N–H and O–H groups in total. The quantitative estimate of drug-likeness (QED) is 0.316. The van der Waals surface area contributed by atoms with Crippen LogP contribution in [0.3, 0.4) is 0 Å². The van der Waals surface area contributed by atoms with Crippen molar-refractivity contribution >= 4 is 6.03 Å². The number of benzene rings is 2. The van der Waals surface area contributed by atoms with Gasteiger partial charge in [-0.05, 0) is 75.2 Å². The van der Waals surface area contributed by atoms with Crippen molar-refractivity contribution in [2.24, 2.45) is 11.3 Å². The van der Waals surface area contributed by atoms with Crippen molar-refractivity contribution < 1.29 is 4.79 Å². The van der Waals surface area contributed by atoms with E-state index in [4.69, 9.17) is 4.98 Å². The van der Waals surface area contributed by atoms with Gasteiger partial charge in [-0.1, -0.05) is 87.9 Å².